The number of hydrogen-bond donors (Lipinski definition) is 2. The highest BCUT2D eigenvalue weighted by Crippen LogP contribution is 2.31. The Labute approximate surface area is 151 Å². The summed E-state index contributed by atoms with van der Waals surface area (Å²) in [5.74, 6) is -0.178. The number of likely N-dealkylation sites (tertiary alicyclic amines) is 1. The highest BCUT2D eigenvalue weighted by atomic mass is 35.5. The molecule has 0 aromatic heterocycles. The fourth-order valence-electron chi connectivity index (χ4n) is 2.79. The summed E-state index contributed by atoms with van der Waals surface area (Å²) in [5.41, 5.74) is 0.0694. The summed E-state index contributed by atoms with van der Waals surface area (Å²) in [6, 6.07) is 2.78. The van der Waals surface area contributed by atoms with Crippen molar-refractivity contribution in [2.45, 2.75) is 26.7 Å². The van der Waals surface area contributed by atoms with Gasteiger partial charge in [0.2, 0.25) is 5.91 Å². The van der Waals surface area contributed by atoms with E-state index in [1.807, 2.05) is 18.7 Å². The Morgan fingerprint density at radius 3 is 2.50 bits per heavy atom. The van der Waals surface area contributed by atoms with Crippen molar-refractivity contribution in [3.05, 3.63) is 27.7 Å². The predicted molar refractivity (Wildman–Crippen MR) is 94.6 cm³/mol. The lowest BCUT2D eigenvalue weighted by Gasteiger charge is -2.33. The van der Waals surface area contributed by atoms with E-state index in [9.17, 15) is 14.7 Å². The maximum atomic E-state index is 12.2. The van der Waals surface area contributed by atoms with E-state index in [4.69, 9.17) is 23.2 Å². The van der Waals surface area contributed by atoms with Crippen molar-refractivity contribution in [3.63, 3.8) is 0 Å². The van der Waals surface area contributed by atoms with Gasteiger partial charge in [0, 0.05) is 30.6 Å². The van der Waals surface area contributed by atoms with Gasteiger partial charge in [-0.2, -0.15) is 0 Å². The summed E-state index contributed by atoms with van der Waals surface area (Å²) >= 11 is 11.7. The average Bonchev–Trinajstić information content (AvgIpc) is 2.55. The molecule has 0 aliphatic carbocycles. The predicted octanol–water partition coefficient (Wildman–Crippen LogP) is 3.32. The number of rotatable bonds is 4. The zero-order chi connectivity index (χ0) is 17.9. The largest absolute Gasteiger partial charge is 0.506 e. The molecule has 0 spiro atoms. The van der Waals surface area contributed by atoms with Crippen molar-refractivity contribution in [3.8, 4) is 5.75 Å². The lowest BCUT2D eigenvalue weighted by molar-refractivity contribution is -0.135. The number of carbonyl (C=O) groups is 2. The van der Waals surface area contributed by atoms with Crippen LogP contribution in [0.25, 0.3) is 0 Å². The van der Waals surface area contributed by atoms with Crippen molar-refractivity contribution in [2.24, 2.45) is 11.8 Å². The van der Waals surface area contributed by atoms with Crippen molar-refractivity contribution >= 4 is 35.0 Å². The van der Waals surface area contributed by atoms with Crippen LogP contribution in [-0.2, 0) is 4.79 Å². The van der Waals surface area contributed by atoms with E-state index in [0.29, 0.717) is 30.6 Å². The first-order valence-electron chi connectivity index (χ1n) is 8.04. The van der Waals surface area contributed by atoms with Gasteiger partial charge in [-0.05, 0) is 30.9 Å². The van der Waals surface area contributed by atoms with Crippen LogP contribution in [0, 0.1) is 11.8 Å². The summed E-state index contributed by atoms with van der Waals surface area (Å²) in [6.45, 7) is 5.72. The number of halogens is 2. The molecule has 2 rings (SSSR count). The molecule has 2 amide bonds. The van der Waals surface area contributed by atoms with E-state index in [-0.39, 0.29) is 28.2 Å². The Kier molecular flexibility index (Phi) is 6.35. The molecule has 2 N–H and O–H groups in total. The Bertz CT molecular complexity index is 627. The molecule has 1 aromatic carbocycles. The molecule has 1 aromatic rings. The number of hydrogen-bond acceptors (Lipinski definition) is 3. The monoisotopic (exact) mass is 372 g/mol. The quantitative estimate of drug-likeness (QED) is 0.851. The number of amides is 2. The maximum absolute atomic E-state index is 12.2. The summed E-state index contributed by atoms with van der Waals surface area (Å²) in [7, 11) is 0. The molecule has 0 bridgehead atoms. The molecule has 0 unspecified atom stereocenters. The zero-order valence-corrected chi connectivity index (χ0v) is 15.3. The lowest BCUT2D eigenvalue weighted by Crippen LogP contribution is -2.43. The normalized spacial score (nSPS) is 15.6. The number of nitrogens with zero attached hydrogens (tertiary/aromatic N) is 1. The number of phenolic OH excluding ortho intramolecular Hbond substituents is 1. The minimum atomic E-state index is -0.405. The second-order valence-electron chi connectivity index (χ2n) is 6.42. The van der Waals surface area contributed by atoms with E-state index >= 15 is 0 Å². The van der Waals surface area contributed by atoms with E-state index in [0.717, 1.165) is 12.8 Å². The van der Waals surface area contributed by atoms with E-state index < -0.39 is 5.91 Å². The van der Waals surface area contributed by atoms with E-state index in [2.05, 4.69) is 5.32 Å². The first-order valence-corrected chi connectivity index (χ1v) is 8.80. The molecule has 7 heteroatoms. The van der Waals surface area contributed by atoms with Gasteiger partial charge in [-0.25, -0.2) is 0 Å². The first kappa shape index (κ1) is 18.9. The first-order chi connectivity index (χ1) is 11.3. The van der Waals surface area contributed by atoms with Crippen LogP contribution in [0.1, 0.15) is 37.0 Å². The molecule has 1 aliphatic heterocycles. The molecular weight excluding hydrogens is 351 g/mol. The fourth-order valence-corrected chi connectivity index (χ4v) is 3.29. The van der Waals surface area contributed by atoms with Gasteiger partial charge in [0.25, 0.3) is 5.91 Å². The lowest BCUT2D eigenvalue weighted by atomic mass is 9.96. The van der Waals surface area contributed by atoms with Crippen LogP contribution in [0.2, 0.25) is 10.0 Å². The van der Waals surface area contributed by atoms with Gasteiger partial charge in [0.05, 0.1) is 10.6 Å². The molecular formula is C17H22Cl2N2O3. The number of nitrogens with one attached hydrogen (secondary N) is 1. The Morgan fingerprint density at radius 2 is 1.92 bits per heavy atom. The number of carbonyl (C=O) groups excluding carboxylic acids is 2. The minimum absolute atomic E-state index is 0.0109. The fraction of sp³-hybridized carbons (Fsp3) is 0.529. The van der Waals surface area contributed by atoms with Crippen molar-refractivity contribution < 1.29 is 14.7 Å². The van der Waals surface area contributed by atoms with Crippen LogP contribution in [0.3, 0.4) is 0 Å². The Morgan fingerprint density at radius 1 is 1.29 bits per heavy atom. The highest BCUT2D eigenvalue weighted by molar-refractivity contribution is 6.36. The third-order valence-corrected chi connectivity index (χ3v) is 4.75. The van der Waals surface area contributed by atoms with Crippen molar-refractivity contribution in [1.82, 2.24) is 10.2 Å². The van der Waals surface area contributed by atoms with Gasteiger partial charge in [-0.15, -0.1) is 0 Å². The molecule has 24 heavy (non-hydrogen) atoms. The molecule has 1 heterocycles. The van der Waals surface area contributed by atoms with Crippen LogP contribution in [-0.4, -0.2) is 41.5 Å². The summed E-state index contributed by atoms with van der Waals surface area (Å²) in [6.07, 6.45) is 1.70. The van der Waals surface area contributed by atoms with Crippen molar-refractivity contribution in [1.29, 1.82) is 0 Å². The zero-order valence-electron chi connectivity index (χ0n) is 13.8. The molecule has 0 radical (unpaired) electrons. The second-order valence-corrected chi connectivity index (χ2v) is 7.26. The standard InChI is InChI=1S/C17H22Cl2N2O3/c1-10(2)17(24)21-5-3-11(4-6-21)9-20-16(23)13-7-12(18)8-14(19)15(13)22/h7-8,10-11,22H,3-6,9H2,1-2H3,(H,20,23). The number of benzene rings is 1. The Balaban J connectivity index is 1.87. The van der Waals surface area contributed by atoms with Gasteiger partial charge in [-0.3, -0.25) is 9.59 Å². The molecule has 1 saturated heterocycles. The third kappa shape index (κ3) is 4.54. The van der Waals surface area contributed by atoms with Crippen LogP contribution in [0.4, 0.5) is 0 Å². The van der Waals surface area contributed by atoms with E-state index in [1.165, 1.54) is 12.1 Å². The molecule has 132 valence electrons. The second kappa shape index (κ2) is 8.08. The number of phenols is 1. The van der Waals surface area contributed by atoms with Crippen LogP contribution in [0.15, 0.2) is 12.1 Å². The van der Waals surface area contributed by atoms with E-state index in [1.54, 1.807) is 0 Å². The maximum Gasteiger partial charge on any atom is 0.255 e. The molecule has 0 atom stereocenters. The average molecular weight is 373 g/mol. The van der Waals surface area contributed by atoms with Crippen molar-refractivity contribution in [2.75, 3.05) is 19.6 Å². The number of piperidine rings is 1. The summed E-state index contributed by atoms with van der Waals surface area (Å²) < 4.78 is 0. The van der Waals surface area contributed by atoms with Gasteiger partial charge in [-0.1, -0.05) is 37.0 Å². The molecule has 0 saturated carbocycles. The topological polar surface area (TPSA) is 69.6 Å². The number of aromatic hydroxyl groups is 1. The molecule has 5 nitrogen and oxygen atoms in total. The SMILES string of the molecule is CC(C)C(=O)N1CCC(CNC(=O)c2cc(Cl)cc(Cl)c2O)CC1. The van der Waals surface area contributed by atoms with Gasteiger partial charge < -0.3 is 15.3 Å². The Hall–Kier alpha value is -1.46. The van der Waals surface area contributed by atoms with Gasteiger partial charge in [0.1, 0.15) is 5.75 Å². The van der Waals surface area contributed by atoms with Gasteiger partial charge >= 0.3 is 0 Å². The minimum Gasteiger partial charge on any atom is -0.506 e. The summed E-state index contributed by atoms with van der Waals surface area (Å²) in [5, 5.41) is 13.0. The molecule has 1 fully saturated rings. The van der Waals surface area contributed by atoms with Gasteiger partial charge in [0.15, 0.2) is 0 Å². The smallest absolute Gasteiger partial charge is 0.255 e. The third-order valence-electron chi connectivity index (χ3n) is 4.24. The summed E-state index contributed by atoms with van der Waals surface area (Å²) in [4.78, 5) is 26.1. The molecule has 1 aliphatic rings. The van der Waals surface area contributed by atoms with Crippen LogP contribution in [0.5, 0.6) is 5.75 Å². The highest BCUT2D eigenvalue weighted by Gasteiger charge is 2.25. The van der Waals surface area contributed by atoms with Crippen LogP contribution < -0.4 is 5.32 Å². The van der Waals surface area contributed by atoms with Crippen LogP contribution >= 0.6 is 23.2 Å².